The summed E-state index contributed by atoms with van der Waals surface area (Å²) in [6.45, 7) is 11.8. The van der Waals surface area contributed by atoms with Crippen molar-refractivity contribution in [2.24, 2.45) is 23.0 Å². The molecule has 1 amide bonds. The number of carbonyl (C=O) groups is 1. The lowest BCUT2D eigenvalue weighted by molar-refractivity contribution is -0.122. The van der Waals surface area contributed by atoms with Gasteiger partial charge in [-0.3, -0.25) is 4.79 Å². The molecule has 2 N–H and O–H groups in total. The van der Waals surface area contributed by atoms with Crippen LogP contribution in [-0.2, 0) is 4.79 Å². The Balaban J connectivity index is 2.39. The molecule has 0 saturated carbocycles. The van der Waals surface area contributed by atoms with E-state index in [4.69, 9.17) is 5.73 Å². The maximum Gasteiger partial charge on any atom is 0.222 e. The number of rotatable bonds is 3. The van der Waals surface area contributed by atoms with Crippen molar-refractivity contribution in [3.63, 3.8) is 0 Å². The number of nitrogens with zero attached hydrogens (tertiary/aromatic N) is 1. The van der Waals surface area contributed by atoms with Gasteiger partial charge in [0, 0.05) is 13.1 Å². The number of primary amides is 1. The summed E-state index contributed by atoms with van der Waals surface area (Å²) in [5, 5.41) is 0. The van der Waals surface area contributed by atoms with Gasteiger partial charge < -0.3 is 10.6 Å². The van der Waals surface area contributed by atoms with Gasteiger partial charge in [-0.05, 0) is 24.3 Å². The molecule has 1 fully saturated rings. The van der Waals surface area contributed by atoms with E-state index < -0.39 is 0 Å². The van der Waals surface area contributed by atoms with Gasteiger partial charge in [0.1, 0.15) is 0 Å². The highest BCUT2D eigenvalue weighted by atomic mass is 16.1. The van der Waals surface area contributed by atoms with Gasteiger partial charge in [-0.25, -0.2) is 0 Å². The first-order chi connectivity index (χ1) is 6.79. The minimum Gasteiger partial charge on any atom is -0.369 e. The first-order valence-electron chi connectivity index (χ1n) is 5.81. The molecule has 88 valence electrons. The molecule has 1 heterocycles. The third-order valence-corrected chi connectivity index (χ3v) is 3.23. The fraction of sp³-hybridized carbons (Fsp3) is 0.917. The number of carbonyl (C=O) groups excluding carboxylic acids is 1. The molecular formula is C12H24N2O. The van der Waals surface area contributed by atoms with Crippen LogP contribution in [0.3, 0.4) is 0 Å². The fourth-order valence-electron chi connectivity index (χ4n) is 2.11. The van der Waals surface area contributed by atoms with Crippen molar-refractivity contribution in [2.45, 2.75) is 34.1 Å². The van der Waals surface area contributed by atoms with Gasteiger partial charge in [-0.1, -0.05) is 27.7 Å². The highest BCUT2D eigenvalue weighted by Gasteiger charge is 2.33. The predicted molar refractivity (Wildman–Crippen MR) is 62.4 cm³/mol. The van der Waals surface area contributed by atoms with Gasteiger partial charge in [0.2, 0.25) is 5.91 Å². The third kappa shape index (κ3) is 3.82. The van der Waals surface area contributed by atoms with Gasteiger partial charge in [0.05, 0.1) is 5.92 Å². The van der Waals surface area contributed by atoms with Crippen molar-refractivity contribution >= 4 is 5.91 Å². The SMILES string of the molecule is C[C@@H]1CN(CCC(C)(C)C)C[C@H]1C(N)=O. The molecule has 3 nitrogen and oxygen atoms in total. The summed E-state index contributed by atoms with van der Waals surface area (Å²) < 4.78 is 0. The maximum absolute atomic E-state index is 11.2. The number of hydrogen-bond donors (Lipinski definition) is 1. The zero-order valence-electron chi connectivity index (χ0n) is 10.4. The first kappa shape index (κ1) is 12.5. The fourth-order valence-corrected chi connectivity index (χ4v) is 2.11. The van der Waals surface area contributed by atoms with Gasteiger partial charge in [0.15, 0.2) is 0 Å². The summed E-state index contributed by atoms with van der Waals surface area (Å²) in [6, 6.07) is 0. The Morgan fingerprint density at radius 1 is 1.40 bits per heavy atom. The molecule has 3 heteroatoms. The van der Waals surface area contributed by atoms with Crippen LogP contribution in [0.1, 0.15) is 34.1 Å². The summed E-state index contributed by atoms with van der Waals surface area (Å²) >= 11 is 0. The van der Waals surface area contributed by atoms with Crippen LogP contribution >= 0.6 is 0 Å². The monoisotopic (exact) mass is 212 g/mol. The van der Waals surface area contributed by atoms with E-state index in [0.717, 1.165) is 19.6 Å². The lowest BCUT2D eigenvalue weighted by Crippen LogP contribution is -2.30. The lowest BCUT2D eigenvalue weighted by atomic mass is 9.92. The van der Waals surface area contributed by atoms with Crippen LogP contribution in [-0.4, -0.2) is 30.4 Å². The summed E-state index contributed by atoms with van der Waals surface area (Å²) in [6.07, 6.45) is 1.17. The van der Waals surface area contributed by atoms with Gasteiger partial charge >= 0.3 is 0 Å². The highest BCUT2D eigenvalue weighted by molar-refractivity contribution is 5.77. The zero-order chi connectivity index (χ0) is 11.6. The van der Waals surface area contributed by atoms with Crippen molar-refractivity contribution in [2.75, 3.05) is 19.6 Å². The van der Waals surface area contributed by atoms with E-state index in [0.29, 0.717) is 11.3 Å². The minimum atomic E-state index is -0.138. The molecule has 1 aliphatic heterocycles. The zero-order valence-corrected chi connectivity index (χ0v) is 10.4. The van der Waals surface area contributed by atoms with Crippen molar-refractivity contribution in [3.05, 3.63) is 0 Å². The summed E-state index contributed by atoms with van der Waals surface area (Å²) in [7, 11) is 0. The molecule has 1 rings (SSSR count). The van der Waals surface area contributed by atoms with Gasteiger partial charge in [-0.2, -0.15) is 0 Å². The predicted octanol–water partition coefficient (Wildman–Crippen LogP) is 1.48. The molecule has 1 saturated heterocycles. The molecule has 1 aliphatic rings. The molecule has 0 aliphatic carbocycles. The molecule has 0 bridgehead atoms. The van der Waals surface area contributed by atoms with E-state index in [9.17, 15) is 4.79 Å². The summed E-state index contributed by atoms with van der Waals surface area (Å²) in [5.74, 6) is 0.341. The average molecular weight is 212 g/mol. The van der Waals surface area contributed by atoms with Crippen LogP contribution in [0.25, 0.3) is 0 Å². The standard InChI is InChI=1S/C12H24N2O/c1-9-7-14(6-5-12(2,3)4)8-10(9)11(13)15/h9-10H,5-8H2,1-4H3,(H2,13,15)/t9-,10-/m1/s1. The molecule has 0 aromatic rings. The van der Waals surface area contributed by atoms with E-state index in [1.807, 2.05) is 0 Å². The van der Waals surface area contributed by atoms with E-state index in [1.54, 1.807) is 0 Å². The van der Waals surface area contributed by atoms with Crippen LogP contribution in [0.2, 0.25) is 0 Å². The van der Waals surface area contributed by atoms with E-state index >= 15 is 0 Å². The number of amides is 1. The largest absolute Gasteiger partial charge is 0.369 e. The molecule has 0 aromatic heterocycles. The molecule has 0 radical (unpaired) electrons. The molecule has 0 aromatic carbocycles. The van der Waals surface area contributed by atoms with Crippen LogP contribution in [0, 0.1) is 17.3 Å². The smallest absolute Gasteiger partial charge is 0.222 e. The van der Waals surface area contributed by atoms with Crippen LogP contribution in [0.4, 0.5) is 0 Å². The molecule has 15 heavy (non-hydrogen) atoms. The second-order valence-electron chi connectivity index (χ2n) is 6.06. The second kappa shape index (κ2) is 4.52. The molecular weight excluding hydrogens is 188 g/mol. The third-order valence-electron chi connectivity index (χ3n) is 3.23. The topological polar surface area (TPSA) is 46.3 Å². The average Bonchev–Trinajstić information content (AvgIpc) is 2.42. The number of likely N-dealkylation sites (tertiary alicyclic amines) is 1. The van der Waals surface area contributed by atoms with Gasteiger partial charge in [-0.15, -0.1) is 0 Å². The highest BCUT2D eigenvalue weighted by Crippen LogP contribution is 2.25. The van der Waals surface area contributed by atoms with Crippen LogP contribution < -0.4 is 5.73 Å². The summed E-state index contributed by atoms with van der Waals surface area (Å²) in [4.78, 5) is 13.5. The lowest BCUT2D eigenvalue weighted by Gasteiger charge is -2.23. The second-order valence-corrected chi connectivity index (χ2v) is 6.06. The number of nitrogens with two attached hydrogens (primary N) is 1. The van der Waals surface area contributed by atoms with E-state index in [1.165, 1.54) is 6.42 Å². The normalized spacial score (nSPS) is 28.3. The van der Waals surface area contributed by atoms with E-state index in [2.05, 4.69) is 32.6 Å². The van der Waals surface area contributed by atoms with E-state index in [-0.39, 0.29) is 11.8 Å². The Bertz CT molecular complexity index is 232. The van der Waals surface area contributed by atoms with Crippen LogP contribution in [0.5, 0.6) is 0 Å². The van der Waals surface area contributed by atoms with Crippen molar-refractivity contribution < 1.29 is 4.79 Å². The van der Waals surface area contributed by atoms with Crippen LogP contribution in [0.15, 0.2) is 0 Å². The molecule has 0 spiro atoms. The Morgan fingerprint density at radius 2 is 2.00 bits per heavy atom. The Hall–Kier alpha value is -0.570. The summed E-state index contributed by atoms with van der Waals surface area (Å²) in [5.41, 5.74) is 5.74. The number of hydrogen-bond acceptors (Lipinski definition) is 2. The van der Waals surface area contributed by atoms with Crippen molar-refractivity contribution in [1.29, 1.82) is 0 Å². The Labute approximate surface area is 93.0 Å². The van der Waals surface area contributed by atoms with Gasteiger partial charge in [0.25, 0.3) is 0 Å². The minimum absolute atomic E-state index is 0.0602. The quantitative estimate of drug-likeness (QED) is 0.770. The molecule has 2 atom stereocenters. The molecule has 0 unspecified atom stereocenters. The van der Waals surface area contributed by atoms with Crippen molar-refractivity contribution in [3.8, 4) is 0 Å². The first-order valence-corrected chi connectivity index (χ1v) is 5.81. The van der Waals surface area contributed by atoms with Crippen molar-refractivity contribution in [1.82, 2.24) is 4.90 Å². The maximum atomic E-state index is 11.2. The Kier molecular flexibility index (Phi) is 3.77. The Morgan fingerprint density at radius 3 is 2.40 bits per heavy atom.